The van der Waals surface area contributed by atoms with Gasteiger partial charge in [0.25, 0.3) is 0 Å². The van der Waals surface area contributed by atoms with Crippen LogP contribution in [0.5, 0.6) is 0 Å². The van der Waals surface area contributed by atoms with Crippen molar-refractivity contribution < 1.29 is 24.5 Å². The first-order chi connectivity index (χ1) is 9.04. The zero-order valence-electron chi connectivity index (χ0n) is 12.5. The number of amides is 2. The maximum atomic E-state index is 12.2. The van der Waals surface area contributed by atoms with E-state index >= 15 is 0 Å². The molecular formula is C13H24N2O5. The molecule has 1 aliphatic heterocycles. The zero-order chi connectivity index (χ0) is 15.6. The van der Waals surface area contributed by atoms with Crippen molar-refractivity contribution in [2.24, 2.45) is 0 Å². The SMILES string of the molecule is CC(C)(CC(=O)O)NC(=O)N1CC(CO)OC(C)(C)C1. The van der Waals surface area contributed by atoms with Crippen molar-refractivity contribution in [3.63, 3.8) is 0 Å². The number of nitrogens with zero attached hydrogens (tertiary/aromatic N) is 1. The topological polar surface area (TPSA) is 99.1 Å². The number of aliphatic hydroxyl groups excluding tert-OH is 1. The molecule has 0 aromatic heterocycles. The molecule has 0 aliphatic carbocycles. The van der Waals surface area contributed by atoms with Gasteiger partial charge < -0.3 is 25.2 Å². The number of aliphatic carboxylic acids is 1. The third kappa shape index (κ3) is 4.97. The van der Waals surface area contributed by atoms with Crippen LogP contribution in [0.15, 0.2) is 0 Å². The second-order valence-electron chi connectivity index (χ2n) is 6.45. The number of ether oxygens (including phenoxy) is 1. The number of morpholine rings is 1. The highest BCUT2D eigenvalue weighted by Crippen LogP contribution is 2.21. The molecule has 7 heteroatoms. The number of urea groups is 1. The minimum atomic E-state index is -0.967. The molecule has 20 heavy (non-hydrogen) atoms. The monoisotopic (exact) mass is 288 g/mol. The first-order valence-electron chi connectivity index (χ1n) is 6.62. The third-order valence-electron chi connectivity index (χ3n) is 3.01. The summed E-state index contributed by atoms with van der Waals surface area (Å²) in [6.07, 6.45) is -0.581. The fourth-order valence-electron chi connectivity index (χ4n) is 2.34. The summed E-state index contributed by atoms with van der Waals surface area (Å²) in [6.45, 7) is 7.52. The van der Waals surface area contributed by atoms with Crippen molar-refractivity contribution in [3.05, 3.63) is 0 Å². The van der Waals surface area contributed by atoms with Gasteiger partial charge in [0, 0.05) is 5.54 Å². The van der Waals surface area contributed by atoms with Crippen LogP contribution < -0.4 is 5.32 Å². The molecule has 7 nitrogen and oxygen atoms in total. The summed E-state index contributed by atoms with van der Waals surface area (Å²) in [5.41, 5.74) is -1.37. The summed E-state index contributed by atoms with van der Waals surface area (Å²) in [4.78, 5) is 24.5. The van der Waals surface area contributed by atoms with Crippen molar-refractivity contribution in [3.8, 4) is 0 Å². The number of hydrogen-bond acceptors (Lipinski definition) is 4. The van der Waals surface area contributed by atoms with Crippen LogP contribution in [0.2, 0.25) is 0 Å². The quantitative estimate of drug-likeness (QED) is 0.696. The normalized spacial score (nSPS) is 22.4. The molecule has 1 heterocycles. The highest BCUT2D eigenvalue weighted by Gasteiger charge is 2.36. The molecule has 2 amide bonds. The maximum Gasteiger partial charge on any atom is 0.318 e. The van der Waals surface area contributed by atoms with E-state index in [0.717, 1.165) is 0 Å². The molecule has 0 saturated carbocycles. The molecule has 0 aromatic rings. The lowest BCUT2D eigenvalue weighted by Crippen LogP contribution is -2.60. The second kappa shape index (κ2) is 5.97. The van der Waals surface area contributed by atoms with E-state index in [-0.39, 0.29) is 25.6 Å². The lowest BCUT2D eigenvalue weighted by Gasteiger charge is -2.43. The number of carboxylic acids is 1. The summed E-state index contributed by atoms with van der Waals surface area (Å²) in [5, 5.41) is 20.7. The van der Waals surface area contributed by atoms with Gasteiger partial charge >= 0.3 is 12.0 Å². The van der Waals surface area contributed by atoms with E-state index in [1.807, 2.05) is 13.8 Å². The molecule has 1 saturated heterocycles. The molecule has 0 radical (unpaired) electrons. The van der Waals surface area contributed by atoms with Gasteiger partial charge in [-0.2, -0.15) is 0 Å². The van der Waals surface area contributed by atoms with Gasteiger partial charge in [0.05, 0.1) is 37.8 Å². The van der Waals surface area contributed by atoms with E-state index in [1.165, 1.54) is 0 Å². The predicted octanol–water partition coefficient (Wildman–Crippen LogP) is 0.421. The Balaban J connectivity index is 2.69. The van der Waals surface area contributed by atoms with E-state index in [2.05, 4.69) is 5.32 Å². The second-order valence-corrected chi connectivity index (χ2v) is 6.45. The van der Waals surface area contributed by atoms with Crippen LogP contribution in [0.25, 0.3) is 0 Å². The Hall–Kier alpha value is -1.34. The van der Waals surface area contributed by atoms with E-state index in [1.54, 1.807) is 18.7 Å². The van der Waals surface area contributed by atoms with Crippen LogP contribution in [-0.2, 0) is 9.53 Å². The van der Waals surface area contributed by atoms with Gasteiger partial charge in [0.1, 0.15) is 0 Å². The Morgan fingerprint density at radius 2 is 2.05 bits per heavy atom. The van der Waals surface area contributed by atoms with Gasteiger partial charge in [-0.3, -0.25) is 4.79 Å². The Morgan fingerprint density at radius 3 is 2.55 bits per heavy atom. The average Bonchev–Trinajstić information content (AvgIpc) is 2.23. The molecule has 0 bridgehead atoms. The number of carbonyl (C=O) groups is 2. The number of rotatable bonds is 4. The molecule has 1 fully saturated rings. The van der Waals surface area contributed by atoms with Crippen LogP contribution in [-0.4, -0.2) is 64.1 Å². The van der Waals surface area contributed by atoms with Gasteiger partial charge in [-0.25, -0.2) is 4.79 Å². The van der Waals surface area contributed by atoms with E-state index in [9.17, 15) is 14.7 Å². The molecule has 3 N–H and O–H groups in total. The first-order valence-corrected chi connectivity index (χ1v) is 6.62. The lowest BCUT2D eigenvalue weighted by atomic mass is 10.0. The summed E-state index contributed by atoms with van der Waals surface area (Å²) in [7, 11) is 0. The average molecular weight is 288 g/mol. The van der Waals surface area contributed by atoms with Crippen LogP contribution >= 0.6 is 0 Å². The summed E-state index contributed by atoms with van der Waals surface area (Å²) in [5.74, 6) is -0.967. The molecule has 0 aromatic carbocycles. The third-order valence-corrected chi connectivity index (χ3v) is 3.01. The number of hydrogen-bond donors (Lipinski definition) is 3. The van der Waals surface area contributed by atoms with Crippen LogP contribution in [0.4, 0.5) is 4.79 Å². The smallest absolute Gasteiger partial charge is 0.318 e. The maximum absolute atomic E-state index is 12.2. The van der Waals surface area contributed by atoms with Gasteiger partial charge in [0.15, 0.2) is 0 Å². The molecule has 1 rings (SSSR count). The van der Waals surface area contributed by atoms with E-state index < -0.39 is 23.2 Å². The molecule has 1 atom stereocenters. The largest absolute Gasteiger partial charge is 0.481 e. The molecule has 116 valence electrons. The fourth-order valence-corrected chi connectivity index (χ4v) is 2.34. The van der Waals surface area contributed by atoms with Crippen LogP contribution in [0.1, 0.15) is 34.1 Å². The summed E-state index contributed by atoms with van der Waals surface area (Å²) >= 11 is 0. The molecular weight excluding hydrogens is 264 g/mol. The Bertz CT molecular complexity index is 381. The predicted molar refractivity (Wildman–Crippen MR) is 72.5 cm³/mol. The summed E-state index contributed by atoms with van der Waals surface area (Å²) < 4.78 is 5.63. The first kappa shape index (κ1) is 16.7. The molecule has 1 aliphatic rings. The Morgan fingerprint density at radius 1 is 1.45 bits per heavy atom. The Labute approximate surface area is 118 Å². The number of nitrogens with one attached hydrogen (secondary N) is 1. The van der Waals surface area contributed by atoms with Crippen molar-refractivity contribution in [1.29, 1.82) is 0 Å². The molecule has 0 spiro atoms. The minimum Gasteiger partial charge on any atom is -0.481 e. The Kier molecular flexibility index (Phi) is 4.99. The number of aliphatic hydroxyl groups is 1. The van der Waals surface area contributed by atoms with Crippen molar-refractivity contribution >= 4 is 12.0 Å². The van der Waals surface area contributed by atoms with Crippen molar-refractivity contribution in [2.45, 2.75) is 51.4 Å². The minimum absolute atomic E-state index is 0.157. The summed E-state index contributed by atoms with van der Waals surface area (Å²) in [6, 6.07) is -0.342. The molecule has 1 unspecified atom stereocenters. The van der Waals surface area contributed by atoms with Gasteiger partial charge in [0.2, 0.25) is 0 Å². The number of carbonyl (C=O) groups excluding carboxylic acids is 1. The standard InChI is InChI=1S/C13H24N2O5/c1-12(2,5-10(17)18)14-11(19)15-6-9(7-16)20-13(3,4)8-15/h9,16H,5-8H2,1-4H3,(H,14,19)(H,17,18). The van der Waals surface area contributed by atoms with Gasteiger partial charge in [-0.05, 0) is 27.7 Å². The van der Waals surface area contributed by atoms with E-state index in [4.69, 9.17) is 9.84 Å². The van der Waals surface area contributed by atoms with Crippen LogP contribution in [0, 0.1) is 0 Å². The van der Waals surface area contributed by atoms with Crippen LogP contribution in [0.3, 0.4) is 0 Å². The van der Waals surface area contributed by atoms with Gasteiger partial charge in [-0.15, -0.1) is 0 Å². The fraction of sp³-hybridized carbons (Fsp3) is 0.846. The van der Waals surface area contributed by atoms with E-state index in [0.29, 0.717) is 6.54 Å². The van der Waals surface area contributed by atoms with Crippen molar-refractivity contribution in [2.75, 3.05) is 19.7 Å². The number of carboxylic acid groups (broad SMARTS) is 1. The highest BCUT2D eigenvalue weighted by molar-refractivity contribution is 5.77. The lowest BCUT2D eigenvalue weighted by molar-refractivity contribution is -0.140. The van der Waals surface area contributed by atoms with Gasteiger partial charge in [-0.1, -0.05) is 0 Å². The zero-order valence-corrected chi connectivity index (χ0v) is 12.5. The highest BCUT2D eigenvalue weighted by atomic mass is 16.5. The van der Waals surface area contributed by atoms with Crippen molar-refractivity contribution in [1.82, 2.24) is 10.2 Å².